The minimum absolute atomic E-state index is 0.0299. The van der Waals surface area contributed by atoms with Crippen molar-refractivity contribution in [1.29, 1.82) is 0 Å². The third-order valence-corrected chi connectivity index (χ3v) is 6.11. The number of rotatable bonds is 4. The van der Waals surface area contributed by atoms with Crippen molar-refractivity contribution >= 4 is 17.5 Å². The zero-order valence-electron chi connectivity index (χ0n) is 17.5. The molecule has 1 atom stereocenters. The average molecular weight is 408 g/mol. The van der Waals surface area contributed by atoms with Gasteiger partial charge in [0.2, 0.25) is 5.91 Å². The summed E-state index contributed by atoms with van der Waals surface area (Å²) in [7, 11) is 1.68. The molecule has 2 heterocycles. The molecule has 0 spiro atoms. The molecule has 2 aromatic rings. The maximum atomic E-state index is 13.5. The summed E-state index contributed by atoms with van der Waals surface area (Å²) in [6, 6.07) is 13.4. The monoisotopic (exact) mass is 408 g/mol. The number of ether oxygens (including phenoxy) is 2. The summed E-state index contributed by atoms with van der Waals surface area (Å²) in [6.45, 7) is 3.56. The number of carbonyl (C=O) groups excluding carboxylic acids is 2. The van der Waals surface area contributed by atoms with Gasteiger partial charge in [-0.15, -0.1) is 0 Å². The van der Waals surface area contributed by atoms with Crippen LogP contribution in [0.5, 0.6) is 5.75 Å². The van der Waals surface area contributed by atoms with E-state index in [2.05, 4.69) is 17.4 Å². The molecule has 1 saturated heterocycles. The van der Waals surface area contributed by atoms with Gasteiger partial charge < -0.3 is 19.7 Å². The Bertz CT molecular complexity index is 919. The van der Waals surface area contributed by atoms with Crippen molar-refractivity contribution in [2.24, 2.45) is 5.92 Å². The standard InChI is InChI=1S/C24H28N2O4/c1-16(27)25-21-6-3-18(4-7-21)24(28)26-15-19-5-8-22(29-2)13-20(19)14-23(26)17-9-11-30-12-10-17/h3-8,13,17,23H,9-12,14-15H2,1-2H3,(H,25,27). The third-order valence-electron chi connectivity index (χ3n) is 6.11. The molecule has 1 unspecified atom stereocenters. The number of benzene rings is 2. The highest BCUT2D eigenvalue weighted by atomic mass is 16.5. The van der Waals surface area contributed by atoms with Gasteiger partial charge in [0.05, 0.1) is 7.11 Å². The molecular weight excluding hydrogens is 380 g/mol. The number of hydrogen-bond acceptors (Lipinski definition) is 4. The highest BCUT2D eigenvalue weighted by Crippen LogP contribution is 2.34. The van der Waals surface area contributed by atoms with E-state index in [0.717, 1.165) is 38.2 Å². The van der Waals surface area contributed by atoms with E-state index in [4.69, 9.17) is 9.47 Å². The van der Waals surface area contributed by atoms with E-state index in [1.165, 1.54) is 18.1 Å². The van der Waals surface area contributed by atoms with Gasteiger partial charge in [-0.1, -0.05) is 6.07 Å². The van der Waals surface area contributed by atoms with Crippen molar-refractivity contribution < 1.29 is 19.1 Å². The lowest BCUT2D eigenvalue weighted by molar-refractivity contribution is -0.114. The zero-order valence-corrected chi connectivity index (χ0v) is 17.5. The van der Waals surface area contributed by atoms with Gasteiger partial charge in [-0.25, -0.2) is 0 Å². The molecule has 0 saturated carbocycles. The quantitative estimate of drug-likeness (QED) is 0.839. The maximum absolute atomic E-state index is 13.5. The molecule has 158 valence electrons. The van der Waals surface area contributed by atoms with Crippen LogP contribution >= 0.6 is 0 Å². The van der Waals surface area contributed by atoms with Crippen molar-refractivity contribution in [3.05, 3.63) is 59.2 Å². The van der Waals surface area contributed by atoms with Crippen LogP contribution in [0.25, 0.3) is 0 Å². The van der Waals surface area contributed by atoms with Crippen LogP contribution in [0, 0.1) is 5.92 Å². The Balaban J connectivity index is 1.62. The summed E-state index contributed by atoms with van der Waals surface area (Å²) < 4.78 is 11.0. The van der Waals surface area contributed by atoms with Gasteiger partial charge in [0.15, 0.2) is 0 Å². The second-order valence-electron chi connectivity index (χ2n) is 8.05. The molecule has 2 amide bonds. The van der Waals surface area contributed by atoms with E-state index in [1.54, 1.807) is 31.4 Å². The Morgan fingerprint density at radius 3 is 2.47 bits per heavy atom. The molecule has 0 aromatic heterocycles. The molecule has 2 aliphatic rings. The zero-order chi connectivity index (χ0) is 21.1. The number of anilines is 1. The molecule has 1 N–H and O–H groups in total. The highest BCUT2D eigenvalue weighted by molar-refractivity contribution is 5.96. The molecule has 1 fully saturated rings. The van der Waals surface area contributed by atoms with Crippen LogP contribution in [0.4, 0.5) is 5.69 Å². The summed E-state index contributed by atoms with van der Waals surface area (Å²) in [5.74, 6) is 1.17. The van der Waals surface area contributed by atoms with Crippen LogP contribution in [0.3, 0.4) is 0 Å². The molecule has 6 heteroatoms. The number of nitrogens with one attached hydrogen (secondary N) is 1. The molecule has 0 radical (unpaired) electrons. The Kier molecular flexibility index (Phi) is 6.04. The van der Waals surface area contributed by atoms with Crippen LogP contribution < -0.4 is 10.1 Å². The normalized spacial score (nSPS) is 19.1. The first kappa shape index (κ1) is 20.4. The van der Waals surface area contributed by atoms with E-state index in [-0.39, 0.29) is 17.9 Å². The highest BCUT2D eigenvalue weighted by Gasteiger charge is 2.36. The van der Waals surface area contributed by atoms with E-state index in [0.29, 0.717) is 23.7 Å². The van der Waals surface area contributed by atoms with Crippen molar-refractivity contribution in [2.45, 2.75) is 38.8 Å². The lowest BCUT2D eigenvalue weighted by Crippen LogP contribution is -2.49. The van der Waals surface area contributed by atoms with Crippen LogP contribution in [0.1, 0.15) is 41.3 Å². The minimum atomic E-state index is -0.128. The number of fused-ring (bicyclic) bond motifs is 1. The number of amides is 2. The summed E-state index contributed by atoms with van der Waals surface area (Å²) >= 11 is 0. The van der Waals surface area contributed by atoms with E-state index in [9.17, 15) is 9.59 Å². The predicted molar refractivity (Wildman–Crippen MR) is 115 cm³/mol. The van der Waals surface area contributed by atoms with Crippen LogP contribution in [0.15, 0.2) is 42.5 Å². The second-order valence-corrected chi connectivity index (χ2v) is 8.05. The lowest BCUT2D eigenvalue weighted by Gasteiger charge is -2.42. The second kappa shape index (κ2) is 8.88. The van der Waals surface area contributed by atoms with E-state index in [1.807, 2.05) is 11.0 Å². The largest absolute Gasteiger partial charge is 0.497 e. The molecule has 0 aliphatic carbocycles. The summed E-state index contributed by atoms with van der Waals surface area (Å²) in [6.07, 6.45) is 2.76. The first-order valence-electron chi connectivity index (χ1n) is 10.5. The van der Waals surface area contributed by atoms with Crippen LogP contribution in [-0.4, -0.2) is 43.1 Å². The third kappa shape index (κ3) is 4.33. The van der Waals surface area contributed by atoms with Crippen LogP contribution in [-0.2, 0) is 22.5 Å². The Morgan fingerprint density at radius 1 is 1.07 bits per heavy atom. The maximum Gasteiger partial charge on any atom is 0.254 e. The molecular formula is C24H28N2O4. The van der Waals surface area contributed by atoms with Gasteiger partial charge >= 0.3 is 0 Å². The summed E-state index contributed by atoms with van der Waals surface area (Å²) in [5.41, 5.74) is 3.76. The lowest BCUT2D eigenvalue weighted by atomic mass is 9.82. The first-order chi connectivity index (χ1) is 14.5. The molecule has 0 bridgehead atoms. The molecule has 30 heavy (non-hydrogen) atoms. The smallest absolute Gasteiger partial charge is 0.254 e. The van der Waals surface area contributed by atoms with Gasteiger partial charge in [-0.3, -0.25) is 9.59 Å². The van der Waals surface area contributed by atoms with E-state index >= 15 is 0 Å². The Hall–Kier alpha value is -2.86. The average Bonchev–Trinajstić information content (AvgIpc) is 2.78. The van der Waals surface area contributed by atoms with Gasteiger partial charge in [0.1, 0.15) is 5.75 Å². The minimum Gasteiger partial charge on any atom is -0.497 e. The van der Waals surface area contributed by atoms with Gasteiger partial charge in [0.25, 0.3) is 5.91 Å². The number of hydrogen-bond donors (Lipinski definition) is 1. The first-order valence-corrected chi connectivity index (χ1v) is 10.5. The topological polar surface area (TPSA) is 67.9 Å². The van der Waals surface area contributed by atoms with Crippen molar-refractivity contribution in [1.82, 2.24) is 4.90 Å². The number of nitrogens with zero attached hydrogens (tertiary/aromatic N) is 1. The molecule has 2 aromatic carbocycles. The van der Waals surface area contributed by atoms with Gasteiger partial charge in [-0.05, 0) is 72.7 Å². The molecule has 6 nitrogen and oxygen atoms in total. The van der Waals surface area contributed by atoms with Crippen molar-refractivity contribution in [3.8, 4) is 5.75 Å². The van der Waals surface area contributed by atoms with E-state index < -0.39 is 0 Å². The summed E-state index contributed by atoms with van der Waals surface area (Å²) in [4.78, 5) is 26.8. The van der Waals surface area contributed by atoms with Crippen LogP contribution in [0.2, 0.25) is 0 Å². The number of methoxy groups -OCH3 is 1. The van der Waals surface area contributed by atoms with Crippen molar-refractivity contribution in [3.63, 3.8) is 0 Å². The Morgan fingerprint density at radius 2 is 1.80 bits per heavy atom. The SMILES string of the molecule is COc1ccc2c(c1)CC(C1CCOCC1)N(C(=O)c1ccc(NC(C)=O)cc1)C2. The fourth-order valence-corrected chi connectivity index (χ4v) is 4.52. The molecule has 2 aliphatic heterocycles. The molecule has 4 rings (SSSR count). The number of carbonyl (C=O) groups is 2. The van der Waals surface area contributed by atoms with Gasteiger partial charge in [-0.2, -0.15) is 0 Å². The Labute approximate surface area is 177 Å². The van der Waals surface area contributed by atoms with Gasteiger partial charge in [0, 0.05) is 44.0 Å². The van der Waals surface area contributed by atoms with Crippen molar-refractivity contribution in [2.75, 3.05) is 25.6 Å². The fourth-order valence-electron chi connectivity index (χ4n) is 4.52. The summed E-state index contributed by atoms with van der Waals surface area (Å²) in [5, 5.41) is 2.75. The predicted octanol–water partition coefficient (Wildman–Crippen LogP) is 3.65. The fraction of sp³-hybridized carbons (Fsp3) is 0.417.